The van der Waals surface area contributed by atoms with Gasteiger partial charge in [-0.2, -0.15) is 0 Å². The number of esters is 1. The van der Waals surface area contributed by atoms with E-state index in [1.807, 2.05) is 13.8 Å². The summed E-state index contributed by atoms with van der Waals surface area (Å²) in [5.41, 5.74) is 1.00. The molecule has 1 aromatic heterocycles. The lowest BCUT2D eigenvalue weighted by Crippen LogP contribution is -2.40. The van der Waals surface area contributed by atoms with Gasteiger partial charge in [0.05, 0.1) is 52.7 Å². The van der Waals surface area contributed by atoms with Crippen molar-refractivity contribution in [2.75, 3.05) is 20.3 Å². The lowest BCUT2D eigenvalue weighted by atomic mass is 9.95. The predicted molar refractivity (Wildman–Crippen MR) is 156 cm³/mol. The third kappa shape index (κ3) is 6.40. The summed E-state index contributed by atoms with van der Waals surface area (Å²) in [6.45, 7) is 8.39. The maximum Gasteiger partial charge on any atom is 0.338 e. The molecule has 0 aliphatic carbocycles. The van der Waals surface area contributed by atoms with Crippen molar-refractivity contribution in [3.05, 3.63) is 94.7 Å². The molecular weight excluding hydrogens is 546 g/mol. The average molecular weight is 580 g/mol. The second kappa shape index (κ2) is 12.9. The fraction of sp³-hybridized carbons (Fsp3) is 0.367. The number of thiazole rings is 1. The molecule has 0 amide bonds. The highest BCUT2D eigenvalue weighted by molar-refractivity contribution is 7.07. The van der Waals surface area contributed by atoms with Gasteiger partial charge < -0.3 is 14.2 Å². The topological polar surface area (TPSA) is 122 Å². The molecule has 0 spiro atoms. The number of nitro groups is 1. The minimum atomic E-state index is -0.864. The number of benzene rings is 2. The van der Waals surface area contributed by atoms with Gasteiger partial charge in [0.1, 0.15) is 0 Å². The van der Waals surface area contributed by atoms with Crippen molar-refractivity contribution in [1.82, 2.24) is 4.57 Å². The first-order chi connectivity index (χ1) is 19.7. The summed E-state index contributed by atoms with van der Waals surface area (Å²) in [6, 6.07) is 10.6. The van der Waals surface area contributed by atoms with Crippen molar-refractivity contribution in [1.29, 1.82) is 0 Å². The SMILES string of the molecule is CCCCOc1ccc(C2C(C(=O)OCC(C)C)=C(C)N=c3s/c(=C\c4ccccc4[N+](=O)[O-])c(=O)n32)cc1OC. The van der Waals surface area contributed by atoms with Gasteiger partial charge in [-0.15, -0.1) is 0 Å². The van der Waals surface area contributed by atoms with E-state index in [1.165, 1.54) is 23.8 Å². The zero-order valence-corrected chi connectivity index (χ0v) is 24.5. The normalized spacial score (nSPS) is 15.0. The molecule has 3 aromatic rings. The number of nitro benzene ring substituents is 1. The first-order valence-corrected chi connectivity index (χ1v) is 14.2. The quantitative estimate of drug-likeness (QED) is 0.142. The maximum absolute atomic E-state index is 13.9. The molecule has 1 aliphatic heterocycles. The number of para-hydroxylation sites is 1. The van der Waals surface area contributed by atoms with E-state index in [1.54, 1.807) is 43.3 Å². The summed E-state index contributed by atoms with van der Waals surface area (Å²) >= 11 is 1.10. The molecule has 0 N–H and O–H groups in total. The minimum Gasteiger partial charge on any atom is -0.493 e. The summed E-state index contributed by atoms with van der Waals surface area (Å²) in [5, 5.41) is 11.6. The monoisotopic (exact) mass is 579 g/mol. The van der Waals surface area contributed by atoms with Gasteiger partial charge in [0, 0.05) is 6.07 Å². The Bertz CT molecular complexity index is 1670. The Morgan fingerprint density at radius 2 is 1.98 bits per heavy atom. The average Bonchev–Trinajstić information content (AvgIpc) is 3.25. The summed E-state index contributed by atoms with van der Waals surface area (Å²) < 4.78 is 18.8. The molecule has 2 aromatic carbocycles. The number of nitrogens with zero attached hydrogens (tertiary/aromatic N) is 3. The molecule has 1 aliphatic rings. The third-order valence-electron chi connectivity index (χ3n) is 6.47. The molecule has 0 saturated heterocycles. The van der Waals surface area contributed by atoms with Gasteiger partial charge in [-0.25, -0.2) is 9.79 Å². The molecule has 0 bridgehead atoms. The van der Waals surface area contributed by atoms with E-state index < -0.39 is 22.5 Å². The van der Waals surface area contributed by atoms with E-state index >= 15 is 0 Å². The number of aromatic nitrogens is 1. The molecule has 1 atom stereocenters. The van der Waals surface area contributed by atoms with Crippen LogP contribution in [-0.2, 0) is 9.53 Å². The lowest BCUT2D eigenvalue weighted by Gasteiger charge is -2.25. The smallest absolute Gasteiger partial charge is 0.338 e. The van der Waals surface area contributed by atoms with Crippen LogP contribution in [-0.4, -0.2) is 35.8 Å². The number of methoxy groups -OCH3 is 1. The molecule has 10 nitrogen and oxygen atoms in total. The highest BCUT2D eigenvalue weighted by Gasteiger charge is 2.34. The summed E-state index contributed by atoms with van der Waals surface area (Å²) in [7, 11) is 1.53. The van der Waals surface area contributed by atoms with E-state index in [0.717, 1.165) is 24.2 Å². The molecule has 11 heteroatoms. The van der Waals surface area contributed by atoms with E-state index in [9.17, 15) is 19.7 Å². The molecule has 4 rings (SSSR count). The second-order valence-electron chi connectivity index (χ2n) is 10.0. The maximum atomic E-state index is 13.9. The number of carbonyl (C=O) groups excluding carboxylic acids is 1. The Morgan fingerprint density at radius 3 is 2.66 bits per heavy atom. The molecular formula is C30H33N3O7S. The van der Waals surface area contributed by atoms with Crippen molar-refractivity contribution < 1.29 is 23.9 Å². The van der Waals surface area contributed by atoms with Gasteiger partial charge in [-0.05, 0) is 49.1 Å². The van der Waals surface area contributed by atoms with Crippen molar-refractivity contribution in [2.45, 2.75) is 46.6 Å². The molecule has 2 heterocycles. The van der Waals surface area contributed by atoms with Crippen LogP contribution >= 0.6 is 11.3 Å². The Morgan fingerprint density at radius 1 is 1.22 bits per heavy atom. The van der Waals surface area contributed by atoms with Gasteiger partial charge in [0.25, 0.3) is 11.2 Å². The summed E-state index contributed by atoms with van der Waals surface area (Å²) in [4.78, 5) is 43.4. The third-order valence-corrected chi connectivity index (χ3v) is 7.45. The van der Waals surface area contributed by atoms with Crippen molar-refractivity contribution in [3.8, 4) is 11.5 Å². The van der Waals surface area contributed by atoms with Crippen LogP contribution in [0.3, 0.4) is 0 Å². The first kappa shape index (κ1) is 29.7. The summed E-state index contributed by atoms with van der Waals surface area (Å²) in [5.74, 6) is 0.560. The lowest BCUT2D eigenvalue weighted by molar-refractivity contribution is -0.385. The van der Waals surface area contributed by atoms with Crippen LogP contribution in [0.5, 0.6) is 11.5 Å². The molecule has 216 valence electrons. The zero-order valence-electron chi connectivity index (χ0n) is 23.7. The standard InChI is InChI=1S/C30H33N3O7S/c1-6-7-14-39-23-13-12-21(15-24(23)38-5)27-26(29(35)40-17-18(2)3)19(4)31-30-32(27)28(34)25(41-30)16-20-10-8-9-11-22(20)33(36)37/h8-13,15-16,18,27H,6-7,14,17H2,1-5H3/b25-16-. The van der Waals surface area contributed by atoms with Gasteiger partial charge in [0.2, 0.25) is 0 Å². The molecule has 0 saturated carbocycles. The fourth-order valence-corrected chi connectivity index (χ4v) is 5.47. The summed E-state index contributed by atoms with van der Waals surface area (Å²) in [6.07, 6.45) is 3.35. The minimum absolute atomic E-state index is 0.112. The van der Waals surface area contributed by atoms with E-state index in [0.29, 0.717) is 39.7 Å². The fourth-order valence-electron chi connectivity index (χ4n) is 4.44. The molecule has 0 radical (unpaired) electrons. The van der Waals surface area contributed by atoms with Crippen LogP contribution in [0.1, 0.15) is 57.7 Å². The van der Waals surface area contributed by atoms with Crippen LogP contribution in [0.25, 0.3) is 6.08 Å². The highest BCUT2D eigenvalue weighted by Crippen LogP contribution is 2.36. The molecule has 1 unspecified atom stereocenters. The van der Waals surface area contributed by atoms with E-state index in [4.69, 9.17) is 14.2 Å². The Hall–Kier alpha value is -4.25. The van der Waals surface area contributed by atoms with Gasteiger partial charge in [-0.3, -0.25) is 19.5 Å². The Balaban J connectivity index is 1.91. The van der Waals surface area contributed by atoms with Gasteiger partial charge in [0.15, 0.2) is 16.3 Å². The van der Waals surface area contributed by atoms with Gasteiger partial charge >= 0.3 is 5.97 Å². The first-order valence-electron chi connectivity index (χ1n) is 13.4. The number of hydrogen-bond acceptors (Lipinski definition) is 9. The van der Waals surface area contributed by atoms with Crippen LogP contribution in [0, 0.1) is 16.0 Å². The number of carbonyl (C=O) groups is 1. The molecule has 0 fully saturated rings. The van der Waals surface area contributed by atoms with Crippen LogP contribution in [0.2, 0.25) is 0 Å². The number of unbranched alkanes of at least 4 members (excludes halogenated alkanes) is 1. The predicted octanol–water partition coefficient (Wildman–Crippen LogP) is 4.53. The second-order valence-corrected chi connectivity index (χ2v) is 11.0. The van der Waals surface area contributed by atoms with E-state index in [2.05, 4.69) is 11.9 Å². The number of ether oxygens (including phenoxy) is 3. The number of hydrogen-bond donors (Lipinski definition) is 0. The Kier molecular flexibility index (Phi) is 9.38. The number of fused-ring (bicyclic) bond motifs is 1. The van der Waals surface area contributed by atoms with Crippen LogP contribution in [0.15, 0.2) is 63.5 Å². The number of rotatable bonds is 11. The van der Waals surface area contributed by atoms with Crippen molar-refractivity contribution in [3.63, 3.8) is 0 Å². The highest BCUT2D eigenvalue weighted by atomic mass is 32.1. The Labute approximate surface area is 241 Å². The zero-order chi connectivity index (χ0) is 29.7. The molecule has 41 heavy (non-hydrogen) atoms. The van der Waals surface area contributed by atoms with Gasteiger partial charge in [-0.1, -0.05) is 56.7 Å². The van der Waals surface area contributed by atoms with Crippen molar-refractivity contribution >= 4 is 29.1 Å². The van der Waals surface area contributed by atoms with Crippen LogP contribution in [0.4, 0.5) is 5.69 Å². The number of allylic oxidation sites excluding steroid dienone is 1. The van der Waals surface area contributed by atoms with Crippen LogP contribution < -0.4 is 24.4 Å². The van der Waals surface area contributed by atoms with E-state index in [-0.39, 0.29) is 28.3 Å². The largest absolute Gasteiger partial charge is 0.493 e. The van der Waals surface area contributed by atoms with Crippen molar-refractivity contribution in [2.24, 2.45) is 10.9 Å².